The van der Waals surface area contributed by atoms with Crippen LogP contribution in [-0.2, 0) is 24.4 Å². The number of rotatable bonds is 11. The van der Waals surface area contributed by atoms with Crippen molar-refractivity contribution < 1.29 is 4.79 Å². The third-order valence-corrected chi connectivity index (χ3v) is 4.82. The van der Waals surface area contributed by atoms with Crippen molar-refractivity contribution in [3.05, 3.63) is 27.2 Å². The number of hydrogen-bond acceptors (Lipinski definition) is 4. The van der Waals surface area contributed by atoms with Crippen LogP contribution < -0.4 is 16.6 Å². The van der Waals surface area contributed by atoms with Crippen LogP contribution in [0.15, 0.2) is 15.9 Å². The van der Waals surface area contributed by atoms with E-state index in [1.54, 1.807) is 10.9 Å². The maximum absolute atomic E-state index is 13.0. The summed E-state index contributed by atoms with van der Waals surface area (Å²) in [6.45, 7) is 9.68. The predicted molar refractivity (Wildman–Crippen MR) is 111 cm³/mol. The molecule has 0 bridgehead atoms. The van der Waals surface area contributed by atoms with Gasteiger partial charge in [-0.25, -0.2) is 14.3 Å². The first-order chi connectivity index (χ1) is 13.4. The summed E-state index contributed by atoms with van der Waals surface area (Å²) >= 11 is 0. The number of carbonyl (C=O) groups is 1. The first-order valence-electron chi connectivity index (χ1n) is 10.4. The molecular formula is C20H33N5O3. The monoisotopic (exact) mass is 391 g/mol. The number of aryl methyl sites for hydroxylation is 2. The number of imidazole rings is 1. The lowest BCUT2D eigenvalue weighted by Gasteiger charge is -2.13. The molecule has 1 amide bonds. The van der Waals surface area contributed by atoms with Crippen LogP contribution in [0.2, 0.25) is 0 Å². The minimum Gasteiger partial charge on any atom is -0.355 e. The van der Waals surface area contributed by atoms with Crippen molar-refractivity contribution in [1.29, 1.82) is 0 Å². The summed E-state index contributed by atoms with van der Waals surface area (Å²) in [7, 11) is 0. The molecule has 2 rings (SSSR count). The highest BCUT2D eigenvalue weighted by Gasteiger charge is 2.19. The summed E-state index contributed by atoms with van der Waals surface area (Å²) in [5, 5.41) is 2.80. The van der Waals surface area contributed by atoms with Crippen LogP contribution in [0, 0.1) is 5.92 Å². The molecule has 8 nitrogen and oxygen atoms in total. The predicted octanol–water partition coefficient (Wildman–Crippen LogP) is 2.12. The van der Waals surface area contributed by atoms with Crippen molar-refractivity contribution >= 4 is 17.1 Å². The molecule has 2 aromatic rings. The minimum absolute atomic E-state index is 0.267. The van der Waals surface area contributed by atoms with Gasteiger partial charge in [-0.15, -0.1) is 0 Å². The van der Waals surface area contributed by atoms with Gasteiger partial charge in [0.05, 0.1) is 6.33 Å². The molecule has 0 aliphatic carbocycles. The highest BCUT2D eigenvalue weighted by Crippen LogP contribution is 2.09. The van der Waals surface area contributed by atoms with Crippen LogP contribution >= 0.6 is 0 Å². The van der Waals surface area contributed by atoms with Gasteiger partial charge in [-0.3, -0.25) is 14.2 Å². The highest BCUT2D eigenvalue weighted by atomic mass is 16.2. The Hall–Kier alpha value is -2.38. The van der Waals surface area contributed by atoms with Crippen LogP contribution in [-0.4, -0.2) is 31.1 Å². The normalized spacial score (nSPS) is 11.5. The Morgan fingerprint density at radius 3 is 2.43 bits per heavy atom. The van der Waals surface area contributed by atoms with Crippen LogP contribution in [0.1, 0.15) is 59.8 Å². The fraction of sp³-hybridized carbons (Fsp3) is 0.700. The van der Waals surface area contributed by atoms with E-state index in [0.29, 0.717) is 36.7 Å². The van der Waals surface area contributed by atoms with E-state index < -0.39 is 11.2 Å². The summed E-state index contributed by atoms with van der Waals surface area (Å²) < 4.78 is 4.38. The minimum atomic E-state index is -0.467. The van der Waals surface area contributed by atoms with Gasteiger partial charge < -0.3 is 9.88 Å². The second kappa shape index (κ2) is 10.2. The molecule has 0 saturated carbocycles. The second-order valence-electron chi connectivity index (χ2n) is 7.68. The molecule has 8 heteroatoms. The van der Waals surface area contributed by atoms with Gasteiger partial charge in [0.2, 0.25) is 5.91 Å². The van der Waals surface area contributed by atoms with E-state index >= 15 is 0 Å². The Kier molecular flexibility index (Phi) is 8.02. The first kappa shape index (κ1) is 21.9. The van der Waals surface area contributed by atoms with E-state index in [2.05, 4.69) is 31.1 Å². The second-order valence-corrected chi connectivity index (χ2v) is 7.68. The average molecular weight is 392 g/mol. The van der Waals surface area contributed by atoms with Gasteiger partial charge >= 0.3 is 5.69 Å². The first-order valence-corrected chi connectivity index (χ1v) is 10.4. The Bertz CT molecular complexity index is 907. The van der Waals surface area contributed by atoms with E-state index in [0.717, 1.165) is 36.7 Å². The van der Waals surface area contributed by atoms with Gasteiger partial charge in [-0.1, -0.05) is 40.5 Å². The Morgan fingerprint density at radius 2 is 1.79 bits per heavy atom. The summed E-state index contributed by atoms with van der Waals surface area (Å²) in [6, 6.07) is 0. The SMILES string of the molecule is CCCCn1cnc2c1c(=O)n(CC(=O)NCCC(C)C)c(=O)n2CCCC. The lowest BCUT2D eigenvalue weighted by molar-refractivity contribution is -0.121. The Balaban J connectivity index is 2.44. The maximum Gasteiger partial charge on any atom is 0.333 e. The van der Waals surface area contributed by atoms with E-state index in [9.17, 15) is 14.4 Å². The number of aromatic nitrogens is 4. The molecule has 0 unspecified atom stereocenters. The summed E-state index contributed by atoms with van der Waals surface area (Å²) in [5.74, 6) is 0.152. The fourth-order valence-electron chi connectivity index (χ4n) is 3.09. The van der Waals surface area contributed by atoms with Crippen LogP contribution in [0.25, 0.3) is 11.2 Å². The van der Waals surface area contributed by atoms with Gasteiger partial charge in [0.1, 0.15) is 6.54 Å². The molecule has 0 fully saturated rings. The maximum atomic E-state index is 13.0. The number of unbranched alkanes of at least 4 members (excludes halogenated alkanes) is 2. The molecule has 2 aromatic heterocycles. The highest BCUT2D eigenvalue weighted by molar-refractivity contribution is 5.76. The molecule has 2 heterocycles. The van der Waals surface area contributed by atoms with E-state index in [1.807, 2.05) is 6.92 Å². The van der Waals surface area contributed by atoms with Crippen LogP contribution in [0.5, 0.6) is 0 Å². The molecule has 0 saturated heterocycles. The van der Waals surface area contributed by atoms with Gasteiger partial charge in [-0.05, 0) is 25.2 Å². The number of carbonyl (C=O) groups excluding carboxylic acids is 1. The van der Waals surface area contributed by atoms with Gasteiger partial charge in [0.15, 0.2) is 11.2 Å². The van der Waals surface area contributed by atoms with Crippen molar-refractivity contribution in [1.82, 2.24) is 24.0 Å². The largest absolute Gasteiger partial charge is 0.355 e. The van der Waals surface area contributed by atoms with Gasteiger partial charge in [0.25, 0.3) is 5.56 Å². The molecular weight excluding hydrogens is 358 g/mol. The van der Waals surface area contributed by atoms with Crippen molar-refractivity contribution in [2.45, 2.75) is 79.4 Å². The average Bonchev–Trinajstić information content (AvgIpc) is 3.07. The number of nitrogens with one attached hydrogen (secondary N) is 1. The molecule has 156 valence electrons. The third kappa shape index (κ3) is 5.11. The molecule has 0 spiro atoms. The van der Waals surface area contributed by atoms with E-state index in [4.69, 9.17) is 0 Å². The zero-order valence-corrected chi connectivity index (χ0v) is 17.5. The quantitative estimate of drug-likeness (QED) is 0.635. The molecule has 0 atom stereocenters. The molecule has 0 aliphatic heterocycles. The van der Waals surface area contributed by atoms with E-state index in [-0.39, 0.29) is 12.5 Å². The van der Waals surface area contributed by atoms with Crippen LogP contribution in [0.3, 0.4) is 0 Å². The number of hydrogen-bond donors (Lipinski definition) is 1. The van der Waals surface area contributed by atoms with Gasteiger partial charge in [0, 0.05) is 19.6 Å². The lowest BCUT2D eigenvalue weighted by atomic mass is 10.1. The number of fused-ring (bicyclic) bond motifs is 1. The summed E-state index contributed by atoms with van der Waals surface area (Å²) in [5.41, 5.74) is -0.0961. The van der Waals surface area contributed by atoms with Crippen molar-refractivity contribution in [2.75, 3.05) is 6.54 Å². The van der Waals surface area contributed by atoms with Crippen molar-refractivity contribution in [2.24, 2.45) is 5.92 Å². The zero-order valence-electron chi connectivity index (χ0n) is 17.5. The Labute approximate surface area is 165 Å². The summed E-state index contributed by atoms with van der Waals surface area (Å²) in [4.78, 5) is 42.7. The molecule has 0 aliphatic rings. The zero-order chi connectivity index (χ0) is 20.7. The molecule has 0 aromatic carbocycles. The lowest BCUT2D eigenvalue weighted by Crippen LogP contribution is -2.44. The molecule has 0 radical (unpaired) electrons. The summed E-state index contributed by atoms with van der Waals surface area (Å²) in [6.07, 6.45) is 6.09. The van der Waals surface area contributed by atoms with Gasteiger partial charge in [-0.2, -0.15) is 0 Å². The van der Waals surface area contributed by atoms with Crippen LogP contribution in [0.4, 0.5) is 0 Å². The standard InChI is InChI=1S/C20H33N5O3/c1-5-7-11-23-14-22-18-17(23)19(27)25(20(28)24(18)12-8-6-2)13-16(26)21-10-9-15(3)4/h14-15H,5-13H2,1-4H3,(H,21,26). The third-order valence-electron chi connectivity index (χ3n) is 4.82. The fourth-order valence-corrected chi connectivity index (χ4v) is 3.09. The van der Waals surface area contributed by atoms with E-state index in [1.165, 1.54) is 4.57 Å². The van der Waals surface area contributed by atoms with Crippen molar-refractivity contribution in [3.8, 4) is 0 Å². The molecule has 1 N–H and O–H groups in total. The number of amides is 1. The smallest absolute Gasteiger partial charge is 0.333 e. The Morgan fingerprint density at radius 1 is 1.11 bits per heavy atom. The topological polar surface area (TPSA) is 90.9 Å². The van der Waals surface area contributed by atoms with Crippen molar-refractivity contribution in [3.63, 3.8) is 0 Å². The number of nitrogens with zero attached hydrogens (tertiary/aromatic N) is 4. The molecule has 28 heavy (non-hydrogen) atoms.